The molecule has 2 amide bonds. The minimum atomic E-state index is -0.0771. The lowest BCUT2D eigenvalue weighted by Gasteiger charge is -2.34. The van der Waals surface area contributed by atoms with E-state index in [1.54, 1.807) is 4.90 Å². The smallest absolute Gasteiger partial charge is 0.317 e. The van der Waals surface area contributed by atoms with Gasteiger partial charge in [0.05, 0.1) is 12.6 Å². The van der Waals surface area contributed by atoms with Crippen LogP contribution in [0.25, 0.3) is 10.8 Å². The third kappa shape index (κ3) is 3.07. The average molecular weight is 298 g/mol. The number of nitrogens with zero attached hydrogens (tertiary/aromatic N) is 1. The summed E-state index contributed by atoms with van der Waals surface area (Å²) in [6.45, 7) is 1.28. The highest BCUT2D eigenvalue weighted by molar-refractivity contribution is 5.86. The third-order valence-electron chi connectivity index (χ3n) is 4.41. The number of fused-ring (bicyclic) bond motifs is 1. The summed E-state index contributed by atoms with van der Waals surface area (Å²) in [6.07, 6.45) is 2.98. The fraction of sp³-hybridized carbons (Fsp3) is 0.389. The largest absolute Gasteiger partial charge is 0.394 e. The normalized spacial score (nSPS) is 18.4. The first-order valence-corrected chi connectivity index (χ1v) is 7.91. The van der Waals surface area contributed by atoms with Crippen molar-refractivity contribution in [2.24, 2.45) is 0 Å². The van der Waals surface area contributed by atoms with Gasteiger partial charge in [-0.15, -0.1) is 0 Å². The molecule has 0 aromatic heterocycles. The van der Waals surface area contributed by atoms with Crippen LogP contribution >= 0.6 is 0 Å². The lowest BCUT2D eigenvalue weighted by molar-refractivity contribution is 0.108. The van der Waals surface area contributed by atoms with E-state index in [0.29, 0.717) is 6.54 Å². The van der Waals surface area contributed by atoms with Gasteiger partial charge in [0.25, 0.3) is 0 Å². The van der Waals surface area contributed by atoms with E-state index in [1.807, 2.05) is 24.3 Å². The van der Waals surface area contributed by atoms with Gasteiger partial charge < -0.3 is 15.3 Å². The third-order valence-corrected chi connectivity index (χ3v) is 4.41. The number of piperidine rings is 1. The van der Waals surface area contributed by atoms with Crippen LogP contribution in [0, 0.1) is 0 Å². The number of aliphatic hydroxyl groups excluding tert-OH is 1. The Kier molecular flexibility index (Phi) is 4.59. The molecule has 0 saturated carbocycles. The van der Waals surface area contributed by atoms with E-state index in [9.17, 15) is 9.90 Å². The molecule has 1 saturated heterocycles. The van der Waals surface area contributed by atoms with Gasteiger partial charge in [-0.05, 0) is 35.6 Å². The molecule has 1 aliphatic heterocycles. The van der Waals surface area contributed by atoms with Gasteiger partial charge >= 0.3 is 6.03 Å². The van der Waals surface area contributed by atoms with Crippen molar-refractivity contribution in [3.8, 4) is 0 Å². The molecule has 1 atom stereocenters. The van der Waals surface area contributed by atoms with Crippen molar-refractivity contribution in [2.75, 3.05) is 13.2 Å². The number of hydrogen-bond acceptors (Lipinski definition) is 2. The Morgan fingerprint density at radius 2 is 2.00 bits per heavy atom. The van der Waals surface area contributed by atoms with E-state index < -0.39 is 0 Å². The zero-order valence-corrected chi connectivity index (χ0v) is 12.7. The Morgan fingerprint density at radius 3 is 2.86 bits per heavy atom. The number of carbonyl (C=O) groups is 1. The number of benzene rings is 2. The van der Waals surface area contributed by atoms with Gasteiger partial charge in [-0.3, -0.25) is 0 Å². The number of likely N-dealkylation sites (tertiary alicyclic amines) is 1. The van der Waals surface area contributed by atoms with E-state index >= 15 is 0 Å². The van der Waals surface area contributed by atoms with Crippen LogP contribution in [-0.2, 0) is 6.54 Å². The maximum atomic E-state index is 12.4. The predicted octanol–water partition coefficient (Wildman–Crippen LogP) is 2.90. The van der Waals surface area contributed by atoms with Crippen LogP contribution in [0.4, 0.5) is 4.79 Å². The Labute approximate surface area is 130 Å². The second-order valence-corrected chi connectivity index (χ2v) is 5.82. The number of rotatable bonds is 3. The Hall–Kier alpha value is -2.07. The Bertz CT molecular complexity index is 651. The summed E-state index contributed by atoms with van der Waals surface area (Å²) in [5.74, 6) is 0. The van der Waals surface area contributed by atoms with E-state index in [4.69, 9.17) is 0 Å². The molecule has 0 bridgehead atoms. The second-order valence-electron chi connectivity index (χ2n) is 5.82. The summed E-state index contributed by atoms with van der Waals surface area (Å²) in [5.41, 5.74) is 1.11. The van der Waals surface area contributed by atoms with Crippen molar-refractivity contribution in [2.45, 2.75) is 31.8 Å². The summed E-state index contributed by atoms with van der Waals surface area (Å²) in [6, 6.07) is 14.2. The molecule has 3 rings (SSSR count). The van der Waals surface area contributed by atoms with Gasteiger partial charge in [0, 0.05) is 13.1 Å². The molecule has 116 valence electrons. The van der Waals surface area contributed by atoms with Crippen LogP contribution in [0.1, 0.15) is 24.8 Å². The second kappa shape index (κ2) is 6.79. The molecule has 0 aliphatic carbocycles. The summed E-state index contributed by atoms with van der Waals surface area (Å²) in [5, 5.41) is 14.8. The molecule has 1 fully saturated rings. The van der Waals surface area contributed by atoms with Crippen molar-refractivity contribution in [1.29, 1.82) is 0 Å². The molecule has 22 heavy (non-hydrogen) atoms. The zero-order valence-electron chi connectivity index (χ0n) is 12.7. The first kappa shape index (κ1) is 14.9. The van der Waals surface area contributed by atoms with Crippen molar-refractivity contribution in [3.05, 3.63) is 48.0 Å². The Morgan fingerprint density at radius 1 is 1.18 bits per heavy atom. The number of hydrogen-bond donors (Lipinski definition) is 2. The minimum absolute atomic E-state index is 0.0405. The van der Waals surface area contributed by atoms with Crippen LogP contribution in [0.2, 0.25) is 0 Å². The van der Waals surface area contributed by atoms with E-state index in [1.165, 1.54) is 10.8 Å². The molecule has 4 nitrogen and oxygen atoms in total. The average Bonchev–Trinajstić information content (AvgIpc) is 2.59. The maximum Gasteiger partial charge on any atom is 0.317 e. The highest BCUT2D eigenvalue weighted by Crippen LogP contribution is 2.19. The first-order valence-electron chi connectivity index (χ1n) is 7.91. The monoisotopic (exact) mass is 298 g/mol. The van der Waals surface area contributed by atoms with Gasteiger partial charge in [-0.25, -0.2) is 4.79 Å². The van der Waals surface area contributed by atoms with Crippen LogP contribution in [0.5, 0.6) is 0 Å². The lowest BCUT2D eigenvalue weighted by Crippen LogP contribution is -2.49. The van der Waals surface area contributed by atoms with Gasteiger partial charge in [-0.2, -0.15) is 0 Å². The Balaban J connectivity index is 1.69. The topological polar surface area (TPSA) is 52.6 Å². The van der Waals surface area contributed by atoms with E-state index in [0.717, 1.165) is 31.4 Å². The lowest BCUT2D eigenvalue weighted by atomic mass is 10.0. The SMILES string of the molecule is O=C(NCc1cccc2ccccc12)N1CCCCC1CO. The predicted molar refractivity (Wildman–Crippen MR) is 87.6 cm³/mol. The number of urea groups is 1. The highest BCUT2D eigenvalue weighted by Gasteiger charge is 2.25. The van der Waals surface area contributed by atoms with E-state index in [2.05, 4.69) is 23.5 Å². The summed E-state index contributed by atoms with van der Waals surface area (Å²) < 4.78 is 0. The van der Waals surface area contributed by atoms with Crippen LogP contribution in [-0.4, -0.2) is 35.2 Å². The summed E-state index contributed by atoms with van der Waals surface area (Å²) >= 11 is 0. The molecule has 2 N–H and O–H groups in total. The molecule has 0 spiro atoms. The van der Waals surface area contributed by atoms with Crippen LogP contribution in [0.3, 0.4) is 0 Å². The number of aliphatic hydroxyl groups is 1. The van der Waals surface area contributed by atoms with Crippen molar-refractivity contribution >= 4 is 16.8 Å². The van der Waals surface area contributed by atoms with E-state index in [-0.39, 0.29) is 18.7 Å². The molecular weight excluding hydrogens is 276 g/mol. The molecule has 1 unspecified atom stereocenters. The van der Waals surface area contributed by atoms with Crippen molar-refractivity contribution < 1.29 is 9.90 Å². The quantitative estimate of drug-likeness (QED) is 0.915. The number of nitrogens with one attached hydrogen (secondary N) is 1. The van der Waals surface area contributed by atoms with Gasteiger partial charge in [0.2, 0.25) is 0 Å². The summed E-state index contributed by atoms with van der Waals surface area (Å²) in [4.78, 5) is 14.2. The van der Waals surface area contributed by atoms with Crippen LogP contribution in [0.15, 0.2) is 42.5 Å². The van der Waals surface area contributed by atoms with Crippen molar-refractivity contribution in [3.63, 3.8) is 0 Å². The van der Waals surface area contributed by atoms with Crippen LogP contribution < -0.4 is 5.32 Å². The molecule has 2 aromatic rings. The first-order chi connectivity index (χ1) is 10.8. The van der Waals surface area contributed by atoms with Gasteiger partial charge in [-0.1, -0.05) is 42.5 Å². The highest BCUT2D eigenvalue weighted by atomic mass is 16.3. The maximum absolute atomic E-state index is 12.4. The minimum Gasteiger partial charge on any atom is -0.394 e. The summed E-state index contributed by atoms with van der Waals surface area (Å²) in [7, 11) is 0. The fourth-order valence-corrected chi connectivity index (χ4v) is 3.18. The molecule has 1 aliphatic rings. The van der Waals surface area contributed by atoms with Crippen molar-refractivity contribution in [1.82, 2.24) is 10.2 Å². The fourth-order valence-electron chi connectivity index (χ4n) is 3.18. The molecule has 1 heterocycles. The van der Waals surface area contributed by atoms with Gasteiger partial charge in [0.1, 0.15) is 0 Å². The molecule has 0 radical (unpaired) electrons. The molecular formula is C18H22N2O2. The molecule has 2 aromatic carbocycles. The number of carbonyl (C=O) groups excluding carboxylic acids is 1. The molecule has 4 heteroatoms. The zero-order chi connectivity index (χ0) is 15.4. The standard InChI is InChI=1S/C18H22N2O2/c21-13-16-9-3-4-11-20(16)18(22)19-12-15-8-5-7-14-6-1-2-10-17(14)15/h1-2,5-8,10,16,21H,3-4,9,11-13H2,(H,19,22). The van der Waals surface area contributed by atoms with Gasteiger partial charge in [0.15, 0.2) is 0 Å². The number of amides is 2.